The topological polar surface area (TPSA) is 57.0 Å². The average Bonchev–Trinajstić information content (AvgIpc) is 2.49. The van der Waals surface area contributed by atoms with E-state index in [0.717, 1.165) is 50.5 Å². The van der Waals surface area contributed by atoms with Gasteiger partial charge in [-0.3, -0.25) is 9.69 Å². The van der Waals surface area contributed by atoms with Gasteiger partial charge in [0.1, 0.15) is 0 Å². The van der Waals surface area contributed by atoms with Crippen LogP contribution in [0.2, 0.25) is 0 Å². The summed E-state index contributed by atoms with van der Waals surface area (Å²) in [5, 5.41) is 11.9. The third-order valence-electron chi connectivity index (χ3n) is 4.10. The Balaban J connectivity index is 0.00000242. The summed E-state index contributed by atoms with van der Waals surface area (Å²) in [6.45, 7) is 8.00. The zero-order valence-electron chi connectivity index (χ0n) is 13.1. The van der Waals surface area contributed by atoms with E-state index < -0.39 is 0 Å². The number of β-amino-alcohol motifs (C(OH)–C–C–N with tert-alkyl or cyclic N) is 1. The van der Waals surface area contributed by atoms with Crippen LogP contribution < -0.4 is 22.6 Å². The molecule has 0 atom stereocenters. The lowest BCUT2D eigenvalue weighted by atomic mass is 10.2. The molecule has 0 bridgehead atoms. The molecule has 1 amide bonds. The number of piperazine rings is 1. The lowest BCUT2D eigenvalue weighted by Crippen LogP contribution is -3.14. The molecule has 6 heteroatoms. The molecular weight excluding hydrogens is 302 g/mol. The first-order chi connectivity index (χ1) is 10.2. The number of aliphatic hydroxyl groups is 1. The van der Waals surface area contributed by atoms with Crippen LogP contribution in [0.4, 0.5) is 5.69 Å². The number of para-hydroxylation sites is 1. The molecule has 1 fully saturated rings. The summed E-state index contributed by atoms with van der Waals surface area (Å²) in [5.74, 6) is 0.0922. The minimum absolute atomic E-state index is 0. The van der Waals surface area contributed by atoms with Gasteiger partial charge in [-0.05, 0) is 18.6 Å². The Bertz CT molecular complexity index is 462. The van der Waals surface area contributed by atoms with Crippen LogP contribution in [0.25, 0.3) is 0 Å². The second kappa shape index (κ2) is 9.79. The van der Waals surface area contributed by atoms with Crippen LogP contribution >= 0.6 is 0 Å². The Hall–Kier alpha value is -1.14. The van der Waals surface area contributed by atoms with Crippen LogP contribution in [0.5, 0.6) is 0 Å². The summed E-state index contributed by atoms with van der Waals surface area (Å²) >= 11 is 0. The van der Waals surface area contributed by atoms with Crippen molar-refractivity contribution in [2.24, 2.45) is 0 Å². The maximum Gasteiger partial charge on any atom is 0.230 e. The van der Waals surface area contributed by atoms with Crippen molar-refractivity contribution in [2.75, 3.05) is 51.2 Å². The number of carbonyl (C=O) groups excluding carboxylic acids is 1. The largest absolute Gasteiger partial charge is 1.00 e. The molecule has 0 aromatic heterocycles. The fourth-order valence-corrected chi connectivity index (χ4v) is 2.70. The first kappa shape index (κ1) is 18.9. The Labute approximate surface area is 138 Å². The lowest BCUT2D eigenvalue weighted by Gasteiger charge is -2.31. The Morgan fingerprint density at radius 1 is 1.32 bits per heavy atom. The second-order valence-electron chi connectivity index (χ2n) is 5.68. The fraction of sp³-hybridized carbons (Fsp3) is 0.562. The van der Waals surface area contributed by atoms with Crippen molar-refractivity contribution in [1.82, 2.24) is 4.90 Å². The molecule has 0 spiro atoms. The molecular formula is C16H26ClN3O2. The number of nitrogens with zero attached hydrogens (tertiary/aromatic N) is 1. The van der Waals surface area contributed by atoms with E-state index in [1.54, 1.807) is 0 Å². The molecule has 22 heavy (non-hydrogen) atoms. The van der Waals surface area contributed by atoms with Crippen molar-refractivity contribution in [3.63, 3.8) is 0 Å². The molecule has 0 radical (unpaired) electrons. The van der Waals surface area contributed by atoms with E-state index in [9.17, 15) is 4.79 Å². The Kier molecular flexibility index (Phi) is 8.42. The van der Waals surface area contributed by atoms with E-state index in [2.05, 4.69) is 10.2 Å². The van der Waals surface area contributed by atoms with E-state index in [1.165, 1.54) is 4.90 Å². The number of amides is 1. The molecule has 2 rings (SSSR count). The normalized spacial score (nSPS) is 16.1. The van der Waals surface area contributed by atoms with Gasteiger partial charge in [0.05, 0.1) is 32.7 Å². The van der Waals surface area contributed by atoms with Gasteiger partial charge in [-0.25, -0.2) is 0 Å². The van der Waals surface area contributed by atoms with Crippen LogP contribution in [0.3, 0.4) is 0 Å². The molecule has 5 nitrogen and oxygen atoms in total. The Morgan fingerprint density at radius 2 is 2.00 bits per heavy atom. The van der Waals surface area contributed by atoms with Crippen molar-refractivity contribution in [3.05, 3.63) is 29.8 Å². The highest BCUT2D eigenvalue weighted by Gasteiger charge is 2.19. The number of carbonyl (C=O) groups is 1. The van der Waals surface area contributed by atoms with Gasteiger partial charge in [0.15, 0.2) is 0 Å². The number of aryl methyl sites for hydroxylation is 1. The molecule has 1 aliphatic heterocycles. The van der Waals surface area contributed by atoms with Gasteiger partial charge < -0.3 is 27.7 Å². The minimum atomic E-state index is 0. The lowest BCUT2D eigenvalue weighted by molar-refractivity contribution is -0.903. The summed E-state index contributed by atoms with van der Waals surface area (Å²) in [4.78, 5) is 15.8. The number of anilines is 1. The molecule has 0 saturated carbocycles. The third-order valence-corrected chi connectivity index (χ3v) is 4.10. The zero-order valence-corrected chi connectivity index (χ0v) is 13.9. The maximum absolute atomic E-state index is 12.0. The van der Waals surface area contributed by atoms with E-state index in [-0.39, 0.29) is 24.9 Å². The molecule has 0 unspecified atom stereocenters. The molecule has 0 aliphatic carbocycles. The molecule has 1 aromatic carbocycles. The van der Waals surface area contributed by atoms with E-state index in [4.69, 9.17) is 5.11 Å². The van der Waals surface area contributed by atoms with Gasteiger partial charge in [-0.15, -0.1) is 0 Å². The van der Waals surface area contributed by atoms with Gasteiger partial charge in [-0.1, -0.05) is 18.2 Å². The van der Waals surface area contributed by atoms with Crippen molar-refractivity contribution in [3.8, 4) is 0 Å². The fourth-order valence-electron chi connectivity index (χ4n) is 2.70. The molecule has 1 saturated heterocycles. The van der Waals surface area contributed by atoms with Crippen molar-refractivity contribution >= 4 is 11.6 Å². The molecule has 3 N–H and O–H groups in total. The second-order valence-corrected chi connectivity index (χ2v) is 5.68. The SMILES string of the molecule is Cc1ccccc1NC(=O)CC[NH+]1CCN(CCO)CC1.[Cl-]. The minimum Gasteiger partial charge on any atom is -1.00 e. The highest BCUT2D eigenvalue weighted by atomic mass is 35.5. The number of hydrogen-bond donors (Lipinski definition) is 3. The molecule has 1 aliphatic rings. The van der Waals surface area contributed by atoms with Gasteiger partial charge in [-0.2, -0.15) is 0 Å². The number of rotatable bonds is 6. The number of nitrogens with one attached hydrogen (secondary N) is 2. The first-order valence-corrected chi connectivity index (χ1v) is 7.71. The molecule has 1 heterocycles. The zero-order chi connectivity index (χ0) is 15.1. The Morgan fingerprint density at radius 3 is 2.64 bits per heavy atom. The number of halogens is 1. The summed E-state index contributed by atoms with van der Waals surface area (Å²) < 4.78 is 0. The van der Waals surface area contributed by atoms with Crippen LogP contribution in [0.1, 0.15) is 12.0 Å². The van der Waals surface area contributed by atoms with E-state index in [0.29, 0.717) is 6.42 Å². The highest BCUT2D eigenvalue weighted by Crippen LogP contribution is 2.12. The smallest absolute Gasteiger partial charge is 0.230 e. The standard InChI is InChI=1S/C16H25N3O2.ClH/c1-14-4-2-3-5-15(14)17-16(21)6-7-18-8-10-19(11-9-18)12-13-20;/h2-5,20H,6-13H2,1H3,(H,17,21);1H. The summed E-state index contributed by atoms with van der Waals surface area (Å²) in [5.41, 5.74) is 2.00. The third kappa shape index (κ3) is 5.93. The van der Waals surface area contributed by atoms with Crippen LogP contribution in [0.15, 0.2) is 24.3 Å². The molecule has 1 aromatic rings. The van der Waals surface area contributed by atoms with Crippen molar-refractivity contribution in [1.29, 1.82) is 0 Å². The van der Waals surface area contributed by atoms with Crippen molar-refractivity contribution in [2.45, 2.75) is 13.3 Å². The van der Waals surface area contributed by atoms with Gasteiger partial charge in [0.2, 0.25) is 5.91 Å². The van der Waals surface area contributed by atoms with Crippen LogP contribution in [-0.2, 0) is 4.79 Å². The maximum atomic E-state index is 12.0. The number of benzene rings is 1. The number of aliphatic hydroxyl groups excluding tert-OH is 1. The predicted molar refractivity (Wildman–Crippen MR) is 83.5 cm³/mol. The van der Waals surface area contributed by atoms with Crippen LogP contribution in [0, 0.1) is 6.92 Å². The van der Waals surface area contributed by atoms with Gasteiger partial charge in [0.25, 0.3) is 0 Å². The van der Waals surface area contributed by atoms with E-state index in [1.807, 2.05) is 31.2 Å². The van der Waals surface area contributed by atoms with Crippen molar-refractivity contribution < 1.29 is 27.2 Å². The van der Waals surface area contributed by atoms with Crippen LogP contribution in [-0.4, -0.2) is 61.8 Å². The first-order valence-electron chi connectivity index (χ1n) is 7.71. The average molecular weight is 328 g/mol. The monoisotopic (exact) mass is 327 g/mol. The summed E-state index contributed by atoms with van der Waals surface area (Å²) in [6.07, 6.45) is 0.559. The quantitative estimate of drug-likeness (QED) is 0.509. The van der Waals surface area contributed by atoms with Gasteiger partial charge >= 0.3 is 0 Å². The highest BCUT2D eigenvalue weighted by molar-refractivity contribution is 5.91. The van der Waals surface area contributed by atoms with E-state index >= 15 is 0 Å². The number of quaternary nitrogens is 1. The number of hydrogen-bond acceptors (Lipinski definition) is 3. The van der Waals surface area contributed by atoms with Gasteiger partial charge in [0, 0.05) is 25.3 Å². The predicted octanol–water partition coefficient (Wildman–Crippen LogP) is -3.48. The molecule has 124 valence electrons. The summed E-state index contributed by atoms with van der Waals surface area (Å²) in [6, 6.07) is 7.85. The summed E-state index contributed by atoms with van der Waals surface area (Å²) in [7, 11) is 0.